The van der Waals surface area contributed by atoms with E-state index in [1.807, 2.05) is 13.8 Å². The molecule has 2 aliphatic rings. The van der Waals surface area contributed by atoms with Crippen LogP contribution in [-0.4, -0.2) is 53.9 Å². The second-order valence-corrected chi connectivity index (χ2v) is 7.38. The molecule has 0 aliphatic carbocycles. The van der Waals surface area contributed by atoms with Crippen LogP contribution >= 0.6 is 0 Å². The number of benzene rings is 1. The average Bonchev–Trinajstić information content (AvgIpc) is 2.59. The number of piperidine rings is 1. The second-order valence-electron chi connectivity index (χ2n) is 7.38. The Hall–Kier alpha value is -2.68. The van der Waals surface area contributed by atoms with Gasteiger partial charge in [-0.05, 0) is 17.9 Å². The fourth-order valence-electron chi connectivity index (χ4n) is 3.30. The highest BCUT2D eigenvalue weighted by Crippen LogP contribution is 2.35. The van der Waals surface area contributed by atoms with E-state index in [-0.39, 0.29) is 41.9 Å². The number of likely N-dealkylation sites (tertiary alicyclic amines) is 1. The van der Waals surface area contributed by atoms with Gasteiger partial charge < -0.3 is 15.4 Å². The first-order chi connectivity index (χ1) is 12.2. The largest absolute Gasteiger partial charge is 0.482 e. The van der Waals surface area contributed by atoms with Gasteiger partial charge in [0.25, 0.3) is 11.6 Å². The molecule has 1 atom stereocenters. The molecule has 1 aromatic carbocycles. The van der Waals surface area contributed by atoms with E-state index >= 15 is 0 Å². The molecule has 1 unspecified atom stereocenters. The quantitative estimate of drug-likeness (QED) is 0.630. The number of ether oxygens (including phenoxy) is 1. The zero-order valence-corrected chi connectivity index (χ0v) is 14.8. The molecule has 0 spiro atoms. The molecule has 0 bridgehead atoms. The zero-order valence-electron chi connectivity index (χ0n) is 14.8. The van der Waals surface area contributed by atoms with Gasteiger partial charge in [0.15, 0.2) is 6.61 Å². The molecule has 9 nitrogen and oxygen atoms in total. The summed E-state index contributed by atoms with van der Waals surface area (Å²) < 4.78 is 5.32. The summed E-state index contributed by atoms with van der Waals surface area (Å²) >= 11 is 0. The van der Waals surface area contributed by atoms with Crippen molar-refractivity contribution in [2.24, 2.45) is 11.1 Å². The molecule has 3 rings (SSSR count). The number of carbonyl (C=O) groups excluding carboxylic acids is 2. The van der Waals surface area contributed by atoms with E-state index in [1.54, 1.807) is 4.90 Å². The first kappa shape index (κ1) is 18.1. The minimum absolute atomic E-state index is 0.0138. The van der Waals surface area contributed by atoms with Crippen LogP contribution in [0.15, 0.2) is 18.2 Å². The lowest BCUT2D eigenvalue weighted by Gasteiger charge is -2.43. The Morgan fingerprint density at radius 3 is 2.85 bits per heavy atom. The van der Waals surface area contributed by atoms with Crippen LogP contribution in [-0.2, 0) is 9.59 Å². The number of carbonyl (C=O) groups is 2. The maximum atomic E-state index is 12.8. The third kappa shape index (κ3) is 3.34. The number of non-ortho nitro benzene ring substituents is 1. The van der Waals surface area contributed by atoms with Gasteiger partial charge in [0.2, 0.25) is 5.91 Å². The number of fused-ring (bicyclic) bond motifs is 1. The third-order valence-corrected chi connectivity index (χ3v) is 5.05. The van der Waals surface area contributed by atoms with Crippen LogP contribution in [0.3, 0.4) is 0 Å². The van der Waals surface area contributed by atoms with Crippen LogP contribution in [0.4, 0.5) is 11.4 Å². The molecule has 0 radical (unpaired) electrons. The summed E-state index contributed by atoms with van der Waals surface area (Å²) in [5, 5.41) is 11.0. The number of nitrogens with zero attached hydrogens (tertiary/aromatic N) is 3. The van der Waals surface area contributed by atoms with Crippen LogP contribution in [0.5, 0.6) is 5.75 Å². The van der Waals surface area contributed by atoms with Crippen molar-refractivity contribution in [2.75, 3.05) is 31.1 Å². The molecule has 1 saturated heterocycles. The monoisotopic (exact) mass is 362 g/mol. The molecule has 0 saturated carbocycles. The SMILES string of the molecule is CC1(C)CN(C(=O)CN2C(=O)COc3ccc([N+](=O)[O-])cc32)CCC1N. The highest BCUT2D eigenvalue weighted by Gasteiger charge is 2.37. The van der Waals surface area contributed by atoms with Gasteiger partial charge in [-0.3, -0.25) is 24.6 Å². The predicted molar refractivity (Wildman–Crippen MR) is 93.9 cm³/mol. The summed E-state index contributed by atoms with van der Waals surface area (Å²) in [6.45, 7) is 4.68. The van der Waals surface area contributed by atoms with E-state index in [4.69, 9.17) is 10.5 Å². The standard InChI is InChI=1S/C17H22N4O5/c1-17(2)10-19(6-5-14(17)18)15(22)8-20-12-7-11(21(24)25)3-4-13(12)26-9-16(20)23/h3-4,7,14H,5-6,8-10,18H2,1-2H3. The Bertz CT molecular complexity index is 764. The number of rotatable bonds is 3. The van der Waals surface area contributed by atoms with Crippen molar-refractivity contribution >= 4 is 23.2 Å². The van der Waals surface area contributed by atoms with E-state index < -0.39 is 10.8 Å². The molecule has 2 aliphatic heterocycles. The number of nitro groups is 1. The Morgan fingerprint density at radius 2 is 2.19 bits per heavy atom. The van der Waals surface area contributed by atoms with Crippen molar-refractivity contribution in [1.29, 1.82) is 0 Å². The lowest BCUT2D eigenvalue weighted by atomic mass is 9.79. The summed E-state index contributed by atoms with van der Waals surface area (Å²) in [6, 6.07) is 4.03. The molecule has 1 fully saturated rings. The number of nitro benzene ring substituents is 1. The van der Waals surface area contributed by atoms with Gasteiger partial charge in [0.05, 0.1) is 10.6 Å². The van der Waals surface area contributed by atoms with Crippen LogP contribution in [0.25, 0.3) is 0 Å². The molecule has 26 heavy (non-hydrogen) atoms. The van der Waals surface area contributed by atoms with E-state index in [0.29, 0.717) is 25.3 Å². The molecule has 2 N–H and O–H groups in total. The predicted octanol–water partition coefficient (Wildman–Crippen LogP) is 0.906. The van der Waals surface area contributed by atoms with Crippen molar-refractivity contribution in [3.63, 3.8) is 0 Å². The van der Waals surface area contributed by atoms with Gasteiger partial charge in [-0.1, -0.05) is 13.8 Å². The van der Waals surface area contributed by atoms with Crippen molar-refractivity contribution < 1.29 is 19.2 Å². The number of nitrogens with two attached hydrogens (primary N) is 1. The zero-order chi connectivity index (χ0) is 19.1. The minimum Gasteiger partial charge on any atom is -0.482 e. The lowest BCUT2D eigenvalue weighted by molar-refractivity contribution is -0.384. The molecule has 0 aromatic heterocycles. The second kappa shape index (κ2) is 6.56. The molecule has 9 heteroatoms. The summed E-state index contributed by atoms with van der Waals surface area (Å²) in [6.07, 6.45) is 0.692. The first-order valence-corrected chi connectivity index (χ1v) is 8.44. The fourth-order valence-corrected chi connectivity index (χ4v) is 3.30. The van der Waals surface area contributed by atoms with Gasteiger partial charge in [-0.15, -0.1) is 0 Å². The molecular weight excluding hydrogens is 340 g/mol. The summed E-state index contributed by atoms with van der Waals surface area (Å²) in [5.74, 6) is -0.263. The van der Waals surface area contributed by atoms with Crippen molar-refractivity contribution in [2.45, 2.75) is 26.3 Å². The van der Waals surface area contributed by atoms with Crippen LogP contribution in [0.2, 0.25) is 0 Å². The van der Waals surface area contributed by atoms with Gasteiger partial charge >= 0.3 is 0 Å². The number of anilines is 1. The summed E-state index contributed by atoms with van der Waals surface area (Å²) in [4.78, 5) is 38.5. The smallest absolute Gasteiger partial charge is 0.271 e. The number of hydrogen-bond acceptors (Lipinski definition) is 6. The first-order valence-electron chi connectivity index (χ1n) is 8.44. The van der Waals surface area contributed by atoms with Crippen LogP contribution < -0.4 is 15.4 Å². The van der Waals surface area contributed by atoms with E-state index in [2.05, 4.69) is 0 Å². The molecule has 1 aromatic rings. The Kier molecular flexibility index (Phi) is 4.57. The molecular formula is C17H22N4O5. The number of hydrogen-bond donors (Lipinski definition) is 1. The van der Waals surface area contributed by atoms with Crippen molar-refractivity contribution in [3.05, 3.63) is 28.3 Å². The third-order valence-electron chi connectivity index (χ3n) is 5.05. The van der Waals surface area contributed by atoms with E-state index in [0.717, 1.165) is 0 Å². The average molecular weight is 362 g/mol. The maximum Gasteiger partial charge on any atom is 0.271 e. The summed E-state index contributed by atoms with van der Waals surface area (Å²) in [7, 11) is 0. The van der Waals surface area contributed by atoms with Gasteiger partial charge in [0.1, 0.15) is 12.3 Å². The normalized spacial score (nSPS) is 21.8. The van der Waals surface area contributed by atoms with Gasteiger partial charge in [-0.2, -0.15) is 0 Å². The van der Waals surface area contributed by atoms with Crippen molar-refractivity contribution in [1.82, 2.24) is 4.90 Å². The Labute approximate surface area is 150 Å². The van der Waals surface area contributed by atoms with Crippen LogP contribution in [0, 0.1) is 15.5 Å². The topological polar surface area (TPSA) is 119 Å². The molecule has 2 amide bonds. The Morgan fingerprint density at radius 1 is 1.46 bits per heavy atom. The molecule has 2 heterocycles. The minimum atomic E-state index is -0.548. The van der Waals surface area contributed by atoms with Gasteiger partial charge in [0, 0.05) is 31.3 Å². The van der Waals surface area contributed by atoms with E-state index in [9.17, 15) is 19.7 Å². The van der Waals surface area contributed by atoms with Crippen molar-refractivity contribution in [3.8, 4) is 5.75 Å². The Balaban J connectivity index is 1.81. The lowest BCUT2D eigenvalue weighted by Crippen LogP contribution is -2.56. The van der Waals surface area contributed by atoms with Crippen LogP contribution in [0.1, 0.15) is 20.3 Å². The maximum absolute atomic E-state index is 12.8. The van der Waals surface area contributed by atoms with Gasteiger partial charge in [-0.25, -0.2) is 0 Å². The highest BCUT2D eigenvalue weighted by molar-refractivity contribution is 6.02. The van der Waals surface area contributed by atoms with E-state index in [1.165, 1.54) is 23.1 Å². The summed E-state index contributed by atoms with van der Waals surface area (Å²) in [5.41, 5.74) is 5.98. The highest BCUT2D eigenvalue weighted by atomic mass is 16.6. The number of amides is 2. The fraction of sp³-hybridized carbons (Fsp3) is 0.529. The molecule has 140 valence electrons.